The molecule has 1 heterocycles. The summed E-state index contributed by atoms with van der Waals surface area (Å²) in [7, 11) is 0. The molecule has 0 aromatic carbocycles. The van der Waals surface area contributed by atoms with E-state index in [4.69, 9.17) is 9.47 Å². The Kier molecular flexibility index (Phi) is 9.13. The van der Waals surface area contributed by atoms with Crippen LogP contribution in [0.3, 0.4) is 0 Å². The van der Waals surface area contributed by atoms with Crippen molar-refractivity contribution in [2.45, 2.75) is 40.2 Å². The Bertz CT molecular complexity index is 551. The van der Waals surface area contributed by atoms with E-state index in [-0.39, 0.29) is 12.6 Å². The number of nitrogens with one attached hydrogen (secondary N) is 3. The molecule has 1 atom stereocenters. The number of carbonyl (C=O) groups is 2. The molecule has 0 spiro atoms. The lowest BCUT2D eigenvalue weighted by molar-refractivity contribution is 0.146. The molecular weight excluding hydrogens is 324 g/mol. The minimum absolute atomic E-state index is 0.218. The lowest BCUT2D eigenvalue weighted by atomic mass is 10.0. The molecule has 0 aliphatic rings. The fourth-order valence-electron chi connectivity index (χ4n) is 2.22. The summed E-state index contributed by atoms with van der Waals surface area (Å²) < 4.78 is 10.3. The van der Waals surface area contributed by atoms with Crippen LogP contribution >= 0.6 is 0 Å². The molecule has 1 rings (SSSR count). The molecule has 0 saturated heterocycles. The molecule has 25 heavy (non-hydrogen) atoms. The molecule has 0 fully saturated rings. The molecule has 1 aromatic heterocycles. The first-order chi connectivity index (χ1) is 12.0. The van der Waals surface area contributed by atoms with Crippen molar-refractivity contribution < 1.29 is 19.1 Å². The second-order valence-corrected chi connectivity index (χ2v) is 5.82. The van der Waals surface area contributed by atoms with Gasteiger partial charge in [-0.3, -0.25) is 0 Å². The number of hydrogen-bond acceptors (Lipinski definition) is 5. The SMILES string of the molecule is CCOC(=O)N[C@@H](CNC(=O)Nc1cccnc1OCC)CC(C)C. The van der Waals surface area contributed by atoms with Gasteiger partial charge in [-0.15, -0.1) is 0 Å². The molecule has 0 radical (unpaired) electrons. The van der Waals surface area contributed by atoms with E-state index in [2.05, 4.69) is 20.9 Å². The number of alkyl carbamates (subject to hydrolysis) is 1. The fraction of sp³-hybridized carbons (Fsp3) is 0.588. The summed E-state index contributed by atoms with van der Waals surface area (Å²) in [6, 6.07) is 2.81. The zero-order chi connectivity index (χ0) is 18.7. The van der Waals surface area contributed by atoms with Gasteiger partial charge in [0.2, 0.25) is 5.88 Å². The molecule has 0 aliphatic heterocycles. The minimum atomic E-state index is -0.485. The largest absolute Gasteiger partial charge is 0.476 e. The van der Waals surface area contributed by atoms with Gasteiger partial charge >= 0.3 is 12.1 Å². The molecule has 0 aliphatic carbocycles. The zero-order valence-corrected chi connectivity index (χ0v) is 15.3. The van der Waals surface area contributed by atoms with Crippen LogP contribution in [0.25, 0.3) is 0 Å². The summed E-state index contributed by atoms with van der Waals surface area (Å²) in [6.07, 6.45) is 1.83. The third kappa shape index (κ3) is 8.23. The third-order valence-electron chi connectivity index (χ3n) is 3.16. The summed E-state index contributed by atoms with van der Waals surface area (Å²) in [4.78, 5) is 27.8. The van der Waals surface area contributed by atoms with E-state index in [1.54, 1.807) is 25.3 Å². The predicted octanol–water partition coefficient (Wildman–Crippen LogP) is 2.76. The van der Waals surface area contributed by atoms with Gasteiger partial charge in [0, 0.05) is 18.8 Å². The standard InChI is InChI=1S/C17H28N4O4/c1-5-24-15-14(8-7-9-18-15)21-16(22)19-11-13(10-12(3)4)20-17(23)25-6-2/h7-9,12-13H,5-6,10-11H2,1-4H3,(H,20,23)(H2,19,21,22)/t13-/m1/s1. The zero-order valence-electron chi connectivity index (χ0n) is 15.3. The van der Waals surface area contributed by atoms with Gasteiger partial charge in [-0.2, -0.15) is 0 Å². The topological polar surface area (TPSA) is 102 Å². The number of amides is 3. The van der Waals surface area contributed by atoms with Crippen LogP contribution in [-0.4, -0.2) is 42.9 Å². The van der Waals surface area contributed by atoms with Crippen LogP contribution in [-0.2, 0) is 4.74 Å². The van der Waals surface area contributed by atoms with Crippen molar-refractivity contribution in [2.24, 2.45) is 5.92 Å². The van der Waals surface area contributed by atoms with Crippen LogP contribution < -0.4 is 20.7 Å². The predicted molar refractivity (Wildman–Crippen MR) is 95.8 cm³/mol. The molecule has 0 unspecified atom stereocenters. The second kappa shape index (κ2) is 11.1. The van der Waals surface area contributed by atoms with Gasteiger partial charge in [0.15, 0.2) is 0 Å². The van der Waals surface area contributed by atoms with Crippen LogP contribution in [0.2, 0.25) is 0 Å². The molecule has 0 saturated carbocycles. The summed E-state index contributed by atoms with van der Waals surface area (Å²) in [5.41, 5.74) is 0.487. The minimum Gasteiger partial charge on any atom is -0.476 e. The Morgan fingerprint density at radius 2 is 2.00 bits per heavy atom. The number of anilines is 1. The number of carbonyl (C=O) groups excluding carboxylic acids is 2. The Balaban J connectivity index is 2.57. The molecular formula is C17H28N4O4. The monoisotopic (exact) mass is 352 g/mol. The Labute approximate surface area is 148 Å². The van der Waals surface area contributed by atoms with E-state index >= 15 is 0 Å². The number of rotatable bonds is 9. The van der Waals surface area contributed by atoms with Crippen molar-refractivity contribution >= 4 is 17.8 Å². The molecule has 0 bridgehead atoms. The van der Waals surface area contributed by atoms with Gasteiger partial charge in [0.1, 0.15) is 5.69 Å². The van der Waals surface area contributed by atoms with Crippen molar-refractivity contribution in [3.8, 4) is 5.88 Å². The molecule has 140 valence electrons. The molecule has 3 amide bonds. The van der Waals surface area contributed by atoms with Gasteiger partial charge in [0.05, 0.1) is 13.2 Å². The van der Waals surface area contributed by atoms with E-state index in [1.165, 1.54) is 0 Å². The van der Waals surface area contributed by atoms with Crippen molar-refractivity contribution in [2.75, 3.05) is 25.1 Å². The van der Waals surface area contributed by atoms with Crippen LogP contribution in [0, 0.1) is 5.92 Å². The smallest absolute Gasteiger partial charge is 0.407 e. The summed E-state index contributed by atoms with van der Waals surface area (Å²) >= 11 is 0. The number of ether oxygens (including phenoxy) is 2. The van der Waals surface area contributed by atoms with E-state index in [9.17, 15) is 9.59 Å². The van der Waals surface area contributed by atoms with Crippen LogP contribution in [0.5, 0.6) is 5.88 Å². The van der Waals surface area contributed by atoms with E-state index < -0.39 is 12.1 Å². The lowest BCUT2D eigenvalue weighted by Gasteiger charge is -2.21. The summed E-state index contributed by atoms with van der Waals surface area (Å²) in [6.45, 7) is 8.71. The Morgan fingerprint density at radius 1 is 1.24 bits per heavy atom. The van der Waals surface area contributed by atoms with Gasteiger partial charge in [-0.05, 0) is 38.3 Å². The highest BCUT2D eigenvalue weighted by Crippen LogP contribution is 2.20. The van der Waals surface area contributed by atoms with Crippen LogP contribution in [0.15, 0.2) is 18.3 Å². The average molecular weight is 352 g/mol. The van der Waals surface area contributed by atoms with Crippen LogP contribution in [0.4, 0.5) is 15.3 Å². The highest BCUT2D eigenvalue weighted by Gasteiger charge is 2.16. The van der Waals surface area contributed by atoms with E-state index in [0.717, 1.165) is 6.42 Å². The van der Waals surface area contributed by atoms with Gasteiger partial charge in [0.25, 0.3) is 0 Å². The molecule has 1 aromatic rings. The van der Waals surface area contributed by atoms with Crippen LogP contribution in [0.1, 0.15) is 34.1 Å². The average Bonchev–Trinajstić information content (AvgIpc) is 2.54. The maximum Gasteiger partial charge on any atom is 0.407 e. The van der Waals surface area contributed by atoms with Crippen molar-refractivity contribution in [1.29, 1.82) is 0 Å². The number of pyridine rings is 1. The maximum absolute atomic E-state index is 12.1. The van der Waals surface area contributed by atoms with Gasteiger partial charge < -0.3 is 25.4 Å². The summed E-state index contributed by atoms with van der Waals surface area (Å²) in [5.74, 6) is 0.725. The van der Waals surface area contributed by atoms with Crippen molar-refractivity contribution in [1.82, 2.24) is 15.6 Å². The first kappa shape index (κ1) is 20.5. The molecule has 8 heteroatoms. The normalized spacial score (nSPS) is 11.6. The second-order valence-electron chi connectivity index (χ2n) is 5.82. The fourth-order valence-corrected chi connectivity index (χ4v) is 2.22. The lowest BCUT2D eigenvalue weighted by Crippen LogP contribution is -2.45. The van der Waals surface area contributed by atoms with E-state index in [0.29, 0.717) is 30.7 Å². The summed E-state index contributed by atoms with van der Waals surface area (Å²) in [5, 5.41) is 8.21. The maximum atomic E-state index is 12.1. The Hall–Kier alpha value is -2.51. The quantitative estimate of drug-likeness (QED) is 0.634. The van der Waals surface area contributed by atoms with Crippen molar-refractivity contribution in [3.63, 3.8) is 0 Å². The highest BCUT2D eigenvalue weighted by atomic mass is 16.5. The Morgan fingerprint density at radius 3 is 2.64 bits per heavy atom. The first-order valence-electron chi connectivity index (χ1n) is 8.52. The van der Waals surface area contributed by atoms with Gasteiger partial charge in [-0.1, -0.05) is 13.8 Å². The number of urea groups is 1. The van der Waals surface area contributed by atoms with Gasteiger partial charge in [-0.25, -0.2) is 14.6 Å². The highest BCUT2D eigenvalue weighted by molar-refractivity contribution is 5.90. The third-order valence-corrected chi connectivity index (χ3v) is 3.16. The molecule has 3 N–H and O–H groups in total. The number of nitrogens with zero attached hydrogens (tertiary/aromatic N) is 1. The van der Waals surface area contributed by atoms with Crippen molar-refractivity contribution in [3.05, 3.63) is 18.3 Å². The van der Waals surface area contributed by atoms with E-state index in [1.807, 2.05) is 20.8 Å². The first-order valence-corrected chi connectivity index (χ1v) is 8.52. The molecule has 8 nitrogen and oxygen atoms in total. The number of aromatic nitrogens is 1. The number of hydrogen-bond donors (Lipinski definition) is 3.